The molecular weight excluding hydrogens is 280 g/mol. The fourth-order valence-electron chi connectivity index (χ4n) is 1.99. The van der Waals surface area contributed by atoms with Crippen molar-refractivity contribution in [3.63, 3.8) is 0 Å². The highest BCUT2D eigenvalue weighted by molar-refractivity contribution is 5.83. The molecule has 1 saturated carbocycles. The molecule has 0 aromatic heterocycles. The van der Waals surface area contributed by atoms with Crippen molar-refractivity contribution >= 4 is 11.9 Å². The van der Waals surface area contributed by atoms with Crippen molar-refractivity contribution in [3.8, 4) is 0 Å². The molecular formula is C16H32N4O2. The van der Waals surface area contributed by atoms with Crippen LogP contribution in [0.3, 0.4) is 0 Å². The summed E-state index contributed by atoms with van der Waals surface area (Å²) in [6.45, 7) is 9.46. The molecule has 0 aromatic rings. The Kier molecular flexibility index (Phi) is 7.65. The van der Waals surface area contributed by atoms with E-state index in [-0.39, 0.29) is 5.91 Å². The number of aliphatic imine (C=N–C) groups is 1. The molecule has 1 aliphatic carbocycles. The van der Waals surface area contributed by atoms with Gasteiger partial charge in [0.1, 0.15) is 0 Å². The van der Waals surface area contributed by atoms with Crippen LogP contribution in [0.15, 0.2) is 4.99 Å². The van der Waals surface area contributed by atoms with E-state index in [9.17, 15) is 4.79 Å². The normalized spacial score (nSPS) is 15.6. The Morgan fingerprint density at radius 3 is 2.64 bits per heavy atom. The lowest BCUT2D eigenvalue weighted by Gasteiger charge is -2.25. The van der Waals surface area contributed by atoms with E-state index in [1.807, 2.05) is 27.8 Å². The van der Waals surface area contributed by atoms with Crippen LogP contribution in [-0.2, 0) is 9.53 Å². The van der Waals surface area contributed by atoms with Crippen LogP contribution >= 0.6 is 0 Å². The first-order valence-electron chi connectivity index (χ1n) is 8.20. The van der Waals surface area contributed by atoms with Gasteiger partial charge in [-0.2, -0.15) is 0 Å². The fraction of sp³-hybridized carbons (Fsp3) is 0.875. The summed E-state index contributed by atoms with van der Waals surface area (Å²) in [5.41, 5.74) is -0.515. The van der Waals surface area contributed by atoms with Gasteiger partial charge in [-0.05, 0) is 39.5 Å². The van der Waals surface area contributed by atoms with Crippen LogP contribution in [0.4, 0.5) is 0 Å². The van der Waals surface area contributed by atoms with Crippen molar-refractivity contribution in [3.05, 3.63) is 0 Å². The van der Waals surface area contributed by atoms with Gasteiger partial charge < -0.3 is 20.3 Å². The second kappa shape index (κ2) is 8.98. The van der Waals surface area contributed by atoms with Crippen molar-refractivity contribution in [1.82, 2.24) is 15.5 Å². The smallest absolute Gasteiger partial charge is 0.227 e. The molecule has 0 aromatic carbocycles. The number of nitrogens with one attached hydrogen (secondary N) is 2. The average Bonchev–Trinajstić information content (AvgIpc) is 3.30. The number of carbonyl (C=O) groups is 1. The maximum atomic E-state index is 11.8. The van der Waals surface area contributed by atoms with Crippen molar-refractivity contribution in [2.75, 3.05) is 46.9 Å². The SMILES string of the molecule is CCNC(=NCC(C)(C)C(=O)NC)N(C)CCOCC1CC1. The second-order valence-corrected chi connectivity index (χ2v) is 6.57. The van der Waals surface area contributed by atoms with E-state index in [4.69, 9.17) is 4.74 Å². The number of hydrogen-bond donors (Lipinski definition) is 2. The van der Waals surface area contributed by atoms with E-state index in [1.165, 1.54) is 12.8 Å². The van der Waals surface area contributed by atoms with Gasteiger partial charge in [0.25, 0.3) is 0 Å². The van der Waals surface area contributed by atoms with Crippen molar-refractivity contribution in [2.45, 2.75) is 33.6 Å². The van der Waals surface area contributed by atoms with Gasteiger partial charge in [0.15, 0.2) is 5.96 Å². The Bertz CT molecular complexity index is 378. The largest absolute Gasteiger partial charge is 0.379 e. The third kappa shape index (κ3) is 6.64. The zero-order chi connectivity index (χ0) is 16.6. The third-order valence-electron chi connectivity index (χ3n) is 3.78. The third-order valence-corrected chi connectivity index (χ3v) is 3.78. The van der Waals surface area contributed by atoms with Gasteiger partial charge in [-0.25, -0.2) is 0 Å². The number of rotatable bonds is 9. The number of amides is 1. The first-order valence-corrected chi connectivity index (χ1v) is 8.20. The highest BCUT2D eigenvalue weighted by Gasteiger charge is 2.26. The number of carbonyl (C=O) groups excluding carboxylic acids is 1. The molecule has 0 atom stereocenters. The predicted molar refractivity (Wildman–Crippen MR) is 90.0 cm³/mol. The van der Waals surface area contributed by atoms with Crippen LogP contribution in [0.1, 0.15) is 33.6 Å². The van der Waals surface area contributed by atoms with E-state index in [2.05, 4.69) is 20.5 Å². The molecule has 1 aliphatic rings. The molecule has 128 valence electrons. The van der Waals surface area contributed by atoms with Gasteiger partial charge in [0.05, 0.1) is 18.6 Å². The van der Waals surface area contributed by atoms with E-state index in [0.29, 0.717) is 13.2 Å². The van der Waals surface area contributed by atoms with Gasteiger partial charge in [0.2, 0.25) is 5.91 Å². The molecule has 0 spiro atoms. The summed E-state index contributed by atoms with van der Waals surface area (Å²) >= 11 is 0. The van der Waals surface area contributed by atoms with Crippen molar-refractivity contribution in [2.24, 2.45) is 16.3 Å². The molecule has 22 heavy (non-hydrogen) atoms. The standard InChI is InChI=1S/C16H32N4O2/c1-6-18-15(19-12-16(2,3)14(21)17-4)20(5)9-10-22-11-13-7-8-13/h13H,6-12H2,1-5H3,(H,17,21)(H,18,19). The second-order valence-electron chi connectivity index (χ2n) is 6.57. The lowest BCUT2D eigenvalue weighted by Crippen LogP contribution is -2.42. The van der Waals surface area contributed by atoms with Gasteiger partial charge in [0, 0.05) is 33.8 Å². The first kappa shape index (κ1) is 18.7. The van der Waals surface area contributed by atoms with Gasteiger partial charge in [-0.1, -0.05) is 0 Å². The highest BCUT2D eigenvalue weighted by Crippen LogP contribution is 2.28. The summed E-state index contributed by atoms with van der Waals surface area (Å²) in [5, 5.41) is 5.95. The molecule has 6 nitrogen and oxygen atoms in total. The van der Waals surface area contributed by atoms with Crippen LogP contribution in [-0.4, -0.2) is 63.7 Å². The lowest BCUT2D eigenvalue weighted by atomic mass is 9.93. The monoisotopic (exact) mass is 312 g/mol. The highest BCUT2D eigenvalue weighted by atomic mass is 16.5. The Morgan fingerprint density at radius 1 is 1.41 bits per heavy atom. The van der Waals surface area contributed by atoms with Crippen LogP contribution < -0.4 is 10.6 Å². The molecule has 0 saturated heterocycles. The first-order chi connectivity index (χ1) is 10.4. The zero-order valence-corrected chi connectivity index (χ0v) is 14.7. The number of ether oxygens (including phenoxy) is 1. The van der Waals surface area contributed by atoms with Crippen LogP contribution in [0.2, 0.25) is 0 Å². The molecule has 0 radical (unpaired) electrons. The minimum Gasteiger partial charge on any atom is -0.379 e. The molecule has 1 amide bonds. The molecule has 1 fully saturated rings. The molecule has 0 unspecified atom stereocenters. The number of nitrogens with zero attached hydrogens (tertiary/aromatic N) is 2. The quantitative estimate of drug-likeness (QED) is 0.380. The maximum absolute atomic E-state index is 11.8. The zero-order valence-electron chi connectivity index (χ0n) is 14.7. The minimum atomic E-state index is -0.515. The Balaban J connectivity index is 2.46. The maximum Gasteiger partial charge on any atom is 0.227 e. The molecule has 0 aliphatic heterocycles. The van der Waals surface area contributed by atoms with Crippen LogP contribution in [0, 0.1) is 11.3 Å². The van der Waals surface area contributed by atoms with Crippen LogP contribution in [0.5, 0.6) is 0 Å². The number of hydrogen-bond acceptors (Lipinski definition) is 3. The molecule has 1 rings (SSSR count). The summed E-state index contributed by atoms with van der Waals surface area (Å²) in [4.78, 5) is 18.5. The molecule has 0 bridgehead atoms. The molecule has 2 N–H and O–H groups in total. The Labute approximate surface area is 134 Å². The van der Waals surface area contributed by atoms with E-state index in [1.54, 1.807) is 7.05 Å². The number of guanidine groups is 1. The van der Waals surface area contributed by atoms with E-state index in [0.717, 1.165) is 31.6 Å². The van der Waals surface area contributed by atoms with Gasteiger partial charge >= 0.3 is 0 Å². The van der Waals surface area contributed by atoms with Crippen molar-refractivity contribution in [1.29, 1.82) is 0 Å². The van der Waals surface area contributed by atoms with Crippen LogP contribution in [0.25, 0.3) is 0 Å². The lowest BCUT2D eigenvalue weighted by molar-refractivity contribution is -0.128. The van der Waals surface area contributed by atoms with Crippen molar-refractivity contribution < 1.29 is 9.53 Å². The summed E-state index contributed by atoms with van der Waals surface area (Å²) in [7, 11) is 3.65. The van der Waals surface area contributed by atoms with E-state index >= 15 is 0 Å². The average molecular weight is 312 g/mol. The molecule has 6 heteroatoms. The van der Waals surface area contributed by atoms with E-state index < -0.39 is 5.41 Å². The Morgan fingerprint density at radius 2 is 2.09 bits per heavy atom. The number of likely N-dealkylation sites (N-methyl/N-ethyl adjacent to an activating group) is 1. The van der Waals surface area contributed by atoms with Gasteiger partial charge in [-0.15, -0.1) is 0 Å². The topological polar surface area (TPSA) is 66.0 Å². The predicted octanol–water partition coefficient (Wildman–Crippen LogP) is 1.08. The summed E-state index contributed by atoms with van der Waals surface area (Å²) < 4.78 is 5.67. The minimum absolute atomic E-state index is 0.00233. The molecule has 0 heterocycles. The summed E-state index contributed by atoms with van der Waals surface area (Å²) in [6, 6.07) is 0. The van der Waals surface area contributed by atoms with Gasteiger partial charge in [-0.3, -0.25) is 9.79 Å². The summed E-state index contributed by atoms with van der Waals surface area (Å²) in [6.07, 6.45) is 2.63. The summed E-state index contributed by atoms with van der Waals surface area (Å²) in [5.74, 6) is 1.61. The Hall–Kier alpha value is -1.30. The fourth-order valence-corrected chi connectivity index (χ4v) is 1.99.